The van der Waals surface area contributed by atoms with Gasteiger partial charge in [-0.25, -0.2) is 5.01 Å². The summed E-state index contributed by atoms with van der Waals surface area (Å²) in [5, 5.41) is 1.63. The van der Waals surface area contributed by atoms with Crippen molar-refractivity contribution in [3.8, 4) is 17.2 Å². The molecule has 0 spiro atoms. The fraction of sp³-hybridized carbons (Fsp3) is 0.222. The fourth-order valence-electron chi connectivity index (χ4n) is 3.98. The molecular formula is C27H29N3O4. The summed E-state index contributed by atoms with van der Waals surface area (Å²) >= 11 is 0. The van der Waals surface area contributed by atoms with Gasteiger partial charge in [-0.1, -0.05) is 42.5 Å². The summed E-state index contributed by atoms with van der Waals surface area (Å²) in [4.78, 5) is 15.8. The lowest BCUT2D eigenvalue weighted by molar-refractivity contribution is 0.0671. The SMILES string of the molecule is COc1cc(C(=O)N2NC(c3ccccc3)=CC2c2ccc(N(C)C)cc2)cc(OC)c1OC. The van der Waals surface area contributed by atoms with E-state index in [1.807, 2.05) is 73.6 Å². The summed E-state index contributed by atoms with van der Waals surface area (Å²) in [6, 6.07) is 21.1. The Labute approximate surface area is 200 Å². The van der Waals surface area contributed by atoms with E-state index >= 15 is 0 Å². The molecule has 1 N–H and O–H groups in total. The van der Waals surface area contributed by atoms with Gasteiger partial charge in [-0.15, -0.1) is 0 Å². The molecule has 0 radical (unpaired) electrons. The number of ether oxygens (including phenoxy) is 3. The van der Waals surface area contributed by atoms with Crippen LogP contribution in [0, 0.1) is 0 Å². The molecule has 1 amide bonds. The first-order chi connectivity index (χ1) is 16.5. The molecule has 1 heterocycles. The quantitative estimate of drug-likeness (QED) is 0.561. The molecule has 1 aliphatic rings. The van der Waals surface area contributed by atoms with Crippen LogP contribution in [0.4, 0.5) is 5.69 Å². The number of anilines is 1. The van der Waals surface area contributed by atoms with Gasteiger partial charge in [0, 0.05) is 25.3 Å². The van der Waals surface area contributed by atoms with Crippen molar-refractivity contribution in [2.75, 3.05) is 40.3 Å². The molecule has 0 fully saturated rings. The fourth-order valence-corrected chi connectivity index (χ4v) is 3.98. The molecule has 3 aromatic carbocycles. The minimum absolute atomic E-state index is 0.219. The minimum Gasteiger partial charge on any atom is -0.493 e. The first-order valence-electron chi connectivity index (χ1n) is 10.9. The maximum Gasteiger partial charge on any atom is 0.273 e. The zero-order chi connectivity index (χ0) is 24.2. The van der Waals surface area contributed by atoms with Gasteiger partial charge in [-0.05, 0) is 41.5 Å². The van der Waals surface area contributed by atoms with Crippen molar-refractivity contribution in [3.63, 3.8) is 0 Å². The van der Waals surface area contributed by atoms with Gasteiger partial charge in [-0.2, -0.15) is 0 Å². The summed E-state index contributed by atoms with van der Waals surface area (Å²) in [5.41, 5.74) is 7.67. The summed E-state index contributed by atoms with van der Waals surface area (Å²) in [6.07, 6.45) is 2.07. The maximum atomic E-state index is 13.8. The second-order valence-electron chi connectivity index (χ2n) is 8.08. The average Bonchev–Trinajstić information content (AvgIpc) is 3.33. The number of hydrazine groups is 1. The van der Waals surface area contributed by atoms with Crippen LogP contribution >= 0.6 is 0 Å². The van der Waals surface area contributed by atoms with Gasteiger partial charge in [0.05, 0.1) is 33.1 Å². The Hall–Kier alpha value is -4.13. The molecule has 3 aromatic rings. The third-order valence-corrected chi connectivity index (χ3v) is 5.81. The van der Waals surface area contributed by atoms with Crippen LogP contribution in [0.25, 0.3) is 5.70 Å². The van der Waals surface area contributed by atoms with E-state index < -0.39 is 0 Å². The standard InChI is InChI=1S/C27H29N3O4/c1-29(2)21-13-11-19(12-14-21)23-17-22(18-9-7-6-8-10-18)28-30(23)27(31)20-15-24(32-3)26(34-5)25(16-20)33-4/h6-17,23,28H,1-5H3. The highest BCUT2D eigenvalue weighted by Crippen LogP contribution is 2.40. The van der Waals surface area contributed by atoms with E-state index in [2.05, 4.69) is 11.5 Å². The summed E-state index contributed by atoms with van der Waals surface area (Å²) in [6.45, 7) is 0. The summed E-state index contributed by atoms with van der Waals surface area (Å²) in [7, 11) is 8.60. The van der Waals surface area contributed by atoms with Crippen molar-refractivity contribution in [1.82, 2.24) is 10.4 Å². The van der Waals surface area contributed by atoms with Crippen molar-refractivity contribution >= 4 is 17.3 Å². The Morgan fingerprint density at radius 3 is 2.03 bits per heavy atom. The van der Waals surface area contributed by atoms with Crippen molar-refractivity contribution in [1.29, 1.82) is 0 Å². The number of benzene rings is 3. The van der Waals surface area contributed by atoms with E-state index in [0.717, 1.165) is 22.5 Å². The molecule has 4 rings (SSSR count). The summed E-state index contributed by atoms with van der Waals surface area (Å²) in [5.74, 6) is 1.07. The molecule has 176 valence electrons. The Bertz CT molecular complexity index is 1170. The first kappa shape index (κ1) is 23.0. The van der Waals surface area contributed by atoms with E-state index in [1.165, 1.54) is 21.3 Å². The van der Waals surface area contributed by atoms with Crippen LogP contribution < -0.4 is 24.5 Å². The number of rotatable bonds is 7. The monoisotopic (exact) mass is 459 g/mol. The minimum atomic E-state index is -0.307. The highest BCUT2D eigenvalue weighted by molar-refractivity contribution is 5.97. The topological polar surface area (TPSA) is 63.3 Å². The van der Waals surface area contributed by atoms with Crippen LogP contribution in [-0.2, 0) is 0 Å². The highest BCUT2D eigenvalue weighted by atomic mass is 16.5. The van der Waals surface area contributed by atoms with Gasteiger partial charge >= 0.3 is 0 Å². The Kier molecular flexibility index (Phi) is 6.63. The van der Waals surface area contributed by atoms with E-state index in [-0.39, 0.29) is 11.9 Å². The number of hydrogen-bond donors (Lipinski definition) is 1. The van der Waals surface area contributed by atoms with Crippen molar-refractivity contribution in [2.45, 2.75) is 6.04 Å². The average molecular weight is 460 g/mol. The predicted octanol–water partition coefficient (Wildman–Crippen LogP) is 4.52. The molecule has 0 aliphatic carbocycles. The van der Waals surface area contributed by atoms with E-state index in [9.17, 15) is 4.79 Å². The Morgan fingerprint density at radius 1 is 0.882 bits per heavy atom. The van der Waals surface area contributed by atoms with E-state index in [4.69, 9.17) is 14.2 Å². The molecule has 0 aromatic heterocycles. The molecule has 0 bridgehead atoms. The van der Waals surface area contributed by atoms with Gasteiger partial charge < -0.3 is 19.1 Å². The van der Waals surface area contributed by atoms with Crippen LogP contribution in [0.15, 0.2) is 72.8 Å². The summed E-state index contributed by atoms with van der Waals surface area (Å²) < 4.78 is 16.3. The third-order valence-electron chi connectivity index (χ3n) is 5.81. The lowest BCUT2D eigenvalue weighted by Gasteiger charge is -2.26. The van der Waals surface area contributed by atoms with Gasteiger partial charge in [0.2, 0.25) is 5.75 Å². The van der Waals surface area contributed by atoms with Crippen LogP contribution in [0.5, 0.6) is 17.2 Å². The lowest BCUT2D eigenvalue weighted by Crippen LogP contribution is -2.39. The highest BCUT2D eigenvalue weighted by Gasteiger charge is 2.32. The number of nitrogens with zero attached hydrogens (tertiary/aromatic N) is 2. The molecule has 1 atom stereocenters. The molecule has 1 unspecified atom stereocenters. The second-order valence-corrected chi connectivity index (χ2v) is 8.08. The zero-order valence-corrected chi connectivity index (χ0v) is 20.0. The van der Waals surface area contributed by atoms with Crippen molar-refractivity contribution in [3.05, 3.63) is 89.5 Å². The molecule has 0 saturated heterocycles. The molecule has 1 aliphatic heterocycles. The largest absolute Gasteiger partial charge is 0.493 e. The van der Waals surface area contributed by atoms with Crippen LogP contribution in [0.2, 0.25) is 0 Å². The second kappa shape index (κ2) is 9.79. The van der Waals surface area contributed by atoms with Gasteiger partial charge in [0.25, 0.3) is 5.91 Å². The Morgan fingerprint density at radius 2 is 1.50 bits per heavy atom. The van der Waals surface area contributed by atoms with Crippen molar-refractivity contribution in [2.24, 2.45) is 0 Å². The predicted molar refractivity (Wildman–Crippen MR) is 133 cm³/mol. The van der Waals surface area contributed by atoms with Crippen LogP contribution in [-0.4, -0.2) is 46.3 Å². The van der Waals surface area contributed by atoms with Crippen molar-refractivity contribution < 1.29 is 19.0 Å². The number of hydrogen-bond acceptors (Lipinski definition) is 6. The van der Waals surface area contributed by atoms with Crippen LogP contribution in [0.3, 0.4) is 0 Å². The number of nitrogens with one attached hydrogen (secondary N) is 1. The number of carbonyl (C=O) groups excluding carboxylic acids is 1. The molecule has 7 heteroatoms. The third kappa shape index (κ3) is 4.37. The normalized spacial score (nSPS) is 14.8. The van der Waals surface area contributed by atoms with E-state index in [1.54, 1.807) is 17.1 Å². The van der Waals surface area contributed by atoms with Gasteiger partial charge in [0.1, 0.15) is 0 Å². The molecular weight excluding hydrogens is 430 g/mol. The number of methoxy groups -OCH3 is 3. The first-order valence-corrected chi connectivity index (χ1v) is 10.9. The molecule has 34 heavy (non-hydrogen) atoms. The smallest absolute Gasteiger partial charge is 0.273 e. The van der Waals surface area contributed by atoms with Gasteiger partial charge in [-0.3, -0.25) is 10.2 Å². The zero-order valence-electron chi connectivity index (χ0n) is 20.0. The lowest BCUT2D eigenvalue weighted by atomic mass is 10.0. The van der Waals surface area contributed by atoms with Gasteiger partial charge in [0.15, 0.2) is 11.5 Å². The van der Waals surface area contributed by atoms with Crippen LogP contribution in [0.1, 0.15) is 27.5 Å². The van der Waals surface area contributed by atoms with E-state index in [0.29, 0.717) is 22.8 Å². The molecule has 0 saturated carbocycles. The Balaban J connectivity index is 1.75. The number of carbonyl (C=O) groups is 1. The molecule has 7 nitrogen and oxygen atoms in total. The maximum absolute atomic E-state index is 13.8. The number of amides is 1.